The minimum Gasteiger partial charge on any atom is -0.497 e. The molecule has 0 bridgehead atoms. The van der Waals surface area contributed by atoms with Crippen molar-refractivity contribution in [2.45, 2.75) is 25.5 Å². The third-order valence-electron chi connectivity index (χ3n) is 4.43. The van der Waals surface area contributed by atoms with Crippen molar-refractivity contribution in [3.8, 4) is 5.75 Å². The molecule has 2 aliphatic heterocycles. The second-order valence-electron chi connectivity index (χ2n) is 5.97. The van der Waals surface area contributed by atoms with Crippen LogP contribution < -0.4 is 4.74 Å². The number of ether oxygens (including phenoxy) is 3. The minimum absolute atomic E-state index is 0.0875. The number of nitrogens with zero attached hydrogens (tertiary/aromatic N) is 1. The summed E-state index contributed by atoms with van der Waals surface area (Å²) in [7, 11) is 2.85. The van der Waals surface area contributed by atoms with Crippen molar-refractivity contribution in [1.29, 1.82) is 0 Å². The molecule has 0 aliphatic carbocycles. The van der Waals surface area contributed by atoms with Crippen molar-refractivity contribution in [2.75, 3.05) is 20.8 Å². The molecule has 1 amide bonds. The van der Waals surface area contributed by atoms with Crippen LogP contribution in [0.4, 0.5) is 0 Å². The van der Waals surface area contributed by atoms with Gasteiger partial charge in [0.15, 0.2) is 0 Å². The van der Waals surface area contributed by atoms with Gasteiger partial charge in [0.05, 0.1) is 38.8 Å². The van der Waals surface area contributed by atoms with Crippen molar-refractivity contribution >= 4 is 23.9 Å². The highest BCUT2D eigenvalue weighted by atomic mass is 16.5. The summed E-state index contributed by atoms with van der Waals surface area (Å²) in [5.74, 6) is -0.492. The molecule has 2 aliphatic rings. The highest BCUT2D eigenvalue weighted by Crippen LogP contribution is 2.41. The molecular formula is C18H19NO6. The number of benzene rings is 1. The van der Waals surface area contributed by atoms with E-state index in [1.54, 1.807) is 30.2 Å². The number of carbonyl (C=O) groups excluding carboxylic acids is 3. The van der Waals surface area contributed by atoms with E-state index in [0.29, 0.717) is 11.3 Å². The van der Waals surface area contributed by atoms with Gasteiger partial charge in [-0.3, -0.25) is 9.59 Å². The van der Waals surface area contributed by atoms with Crippen molar-refractivity contribution < 1.29 is 28.6 Å². The molecule has 7 nitrogen and oxygen atoms in total. The summed E-state index contributed by atoms with van der Waals surface area (Å²) in [6.45, 7) is 1.42. The quantitative estimate of drug-likeness (QED) is 0.772. The van der Waals surface area contributed by atoms with Gasteiger partial charge in [-0.15, -0.1) is 0 Å². The van der Waals surface area contributed by atoms with Gasteiger partial charge in [0, 0.05) is 6.92 Å². The fourth-order valence-electron chi connectivity index (χ4n) is 3.38. The van der Waals surface area contributed by atoms with E-state index in [1.165, 1.54) is 14.0 Å². The maximum absolute atomic E-state index is 12.5. The van der Waals surface area contributed by atoms with Gasteiger partial charge in [-0.05, 0) is 29.3 Å². The predicted molar refractivity (Wildman–Crippen MR) is 87.6 cm³/mol. The summed E-state index contributed by atoms with van der Waals surface area (Å²) in [4.78, 5) is 37.6. The topological polar surface area (TPSA) is 82.1 Å². The molecule has 0 aromatic heterocycles. The first-order valence-electron chi connectivity index (χ1n) is 7.88. The Morgan fingerprint density at radius 3 is 2.64 bits per heavy atom. The van der Waals surface area contributed by atoms with Gasteiger partial charge in [-0.2, -0.15) is 0 Å². The Labute approximate surface area is 145 Å². The first-order chi connectivity index (χ1) is 11.9. The van der Waals surface area contributed by atoms with E-state index in [4.69, 9.17) is 14.2 Å². The van der Waals surface area contributed by atoms with Crippen LogP contribution in [-0.4, -0.2) is 49.6 Å². The summed E-state index contributed by atoms with van der Waals surface area (Å²) in [5, 5.41) is 0. The van der Waals surface area contributed by atoms with Gasteiger partial charge in [-0.25, -0.2) is 4.79 Å². The van der Waals surface area contributed by atoms with Crippen LogP contribution in [0.3, 0.4) is 0 Å². The second kappa shape index (κ2) is 6.58. The molecule has 0 radical (unpaired) electrons. The van der Waals surface area contributed by atoms with E-state index in [9.17, 15) is 14.4 Å². The normalized spacial score (nSPS) is 21.6. The SMILES string of the molecule is COC(=O)C1=Cc2cc(OC)ccc2[C@H]2[C@@H](OC(C)=O)CC(=O)N2C1. The first-order valence-corrected chi connectivity index (χ1v) is 7.88. The number of hydrogen-bond acceptors (Lipinski definition) is 6. The van der Waals surface area contributed by atoms with E-state index < -0.39 is 24.1 Å². The maximum Gasteiger partial charge on any atom is 0.335 e. The van der Waals surface area contributed by atoms with Crippen LogP contribution in [0.2, 0.25) is 0 Å². The Bertz CT molecular complexity index is 769. The number of amides is 1. The predicted octanol–water partition coefficient (Wildman–Crippen LogP) is 1.47. The van der Waals surface area contributed by atoms with Crippen LogP contribution >= 0.6 is 0 Å². The lowest BCUT2D eigenvalue weighted by molar-refractivity contribution is -0.147. The lowest BCUT2D eigenvalue weighted by Crippen LogP contribution is -2.33. The number of carbonyl (C=O) groups is 3. The molecule has 1 fully saturated rings. The van der Waals surface area contributed by atoms with E-state index in [1.807, 2.05) is 6.07 Å². The molecule has 0 N–H and O–H groups in total. The molecule has 7 heteroatoms. The minimum atomic E-state index is -0.595. The largest absolute Gasteiger partial charge is 0.497 e. The molecule has 1 aromatic carbocycles. The number of esters is 2. The molecule has 25 heavy (non-hydrogen) atoms. The highest BCUT2D eigenvalue weighted by Gasteiger charge is 2.45. The summed E-state index contributed by atoms with van der Waals surface area (Å²) < 4.78 is 15.5. The Hall–Kier alpha value is -2.83. The summed E-state index contributed by atoms with van der Waals surface area (Å²) in [6, 6.07) is 4.95. The van der Waals surface area contributed by atoms with Crippen molar-refractivity contribution in [1.82, 2.24) is 4.90 Å². The van der Waals surface area contributed by atoms with Gasteiger partial charge >= 0.3 is 11.9 Å². The fourth-order valence-corrected chi connectivity index (χ4v) is 3.38. The molecule has 0 saturated carbocycles. The van der Waals surface area contributed by atoms with E-state index in [-0.39, 0.29) is 18.9 Å². The van der Waals surface area contributed by atoms with Crippen LogP contribution in [-0.2, 0) is 23.9 Å². The summed E-state index contributed by atoms with van der Waals surface area (Å²) >= 11 is 0. The van der Waals surface area contributed by atoms with Gasteiger partial charge in [0.2, 0.25) is 5.91 Å². The summed E-state index contributed by atoms with van der Waals surface area (Å²) in [5.41, 5.74) is 1.90. The highest BCUT2D eigenvalue weighted by molar-refractivity contribution is 5.96. The Morgan fingerprint density at radius 1 is 1.24 bits per heavy atom. The van der Waals surface area contributed by atoms with Crippen molar-refractivity contribution in [3.05, 3.63) is 34.9 Å². The molecule has 1 aromatic rings. The standard InChI is InChI=1S/C18H19NO6/c1-10(20)25-15-8-16(21)19-9-12(18(22)24-3)6-11-7-13(23-2)4-5-14(11)17(15)19/h4-7,15,17H,8-9H2,1-3H3/t15-,17-/m0/s1. The Balaban J connectivity index is 2.12. The smallest absolute Gasteiger partial charge is 0.335 e. The molecule has 3 rings (SSSR count). The van der Waals surface area contributed by atoms with Gasteiger partial charge in [0.1, 0.15) is 11.9 Å². The van der Waals surface area contributed by atoms with Crippen LogP contribution in [0.25, 0.3) is 6.08 Å². The monoisotopic (exact) mass is 345 g/mol. The van der Waals surface area contributed by atoms with Crippen LogP contribution in [0.15, 0.2) is 23.8 Å². The van der Waals surface area contributed by atoms with Gasteiger partial charge < -0.3 is 19.1 Å². The third-order valence-corrected chi connectivity index (χ3v) is 4.43. The van der Waals surface area contributed by atoms with Crippen molar-refractivity contribution in [2.24, 2.45) is 0 Å². The molecule has 2 heterocycles. The third kappa shape index (κ3) is 3.09. The average Bonchev–Trinajstić information content (AvgIpc) is 2.78. The number of rotatable bonds is 3. The molecular weight excluding hydrogens is 326 g/mol. The zero-order valence-electron chi connectivity index (χ0n) is 14.3. The summed E-state index contributed by atoms with van der Waals surface area (Å²) in [6.07, 6.45) is 1.19. The number of fused-ring (bicyclic) bond motifs is 3. The number of hydrogen-bond donors (Lipinski definition) is 0. The van der Waals surface area contributed by atoms with Gasteiger partial charge in [-0.1, -0.05) is 6.07 Å². The first kappa shape index (κ1) is 17.0. The van der Waals surface area contributed by atoms with Crippen LogP contribution in [0.1, 0.15) is 30.5 Å². The lowest BCUT2D eigenvalue weighted by Gasteiger charge is -2.27. The zero-order valence-corrected chi connectivity index (χ0v) is 14.3. The van der Waals surface area contributed by atoms with Crippen LogP contribution in [0, 0.1) is 0 Å². The molecule has 132 valence electrons. The maximum atomic E-state index is 12.5. The van der Waals surface area contributed by atoms with Crippen LogP contribution in [0.5, 0.6) is 5.75 Å². The van der Waals surface area contributed by atoms with E-state index >= 15 is 0 Å². The Kier molecular flexibility index (Phi) is 4.48. The fraction of sp³-hybridized carbons (Fsp3) is 0.389. The Morgan fingerprint density at radius 2 is 2.00 bits per heavy atom. The van der Waals surface area contributed by atoms with E-state index in [2.05, 4.69) is 0 Å². The number of methoxy groups -OCH3 is 2. The molecule has 1 saturated heterocycles. The van der Waals surface area contributed by atoms with E-state index in [0.717, 1.165) is 11.1 Å². The lowest BCUT2D eigenvalue weighted by atomic mass is 9.96. The molecule has 0 unspecified atom stereocenters. The molecule has 2 atom stereocenters. The van der Waals surface area contributed by atoms with Gasteiger partial charge in [0.25, 0.3) is 0 Å². The molecule has 0 spiro atoms. The average molecular weight is 345 g/mol. The zero-order chi connectivity index (χ0) is 18.1. The second-order valence-corrected chi connectivity index (χ2v) is 5.97. The van der Waals surface area contributed by atoms with Crippen molar-refractivity contribution in [3.63, 3.8) is 0 Å².